The Kier molecular flexibility index (Phi) is 4.81. The third kappa shape index (κ3) is 3.33. The molecule has 0 radical (unpaired) electrons. The maximum Gasteiger partial charge on any atom is 0.214 e. The van der Waals surface area contributed by atoms with Gasteiger partial charge in [-0.3, -0.25) is 0 Å². The van der Waals surface area contributed by atoms with Crippen molar-refractivity contribution in [2.45, 2.75) is 25.3 Å². The van der Waals surface area contributed by atoms with Gasteiger partial charge in [0.1, 0.15) is 0 Å². The van der Waals surface area contributed by atoms with Crippen LogP contribution in [0.15, 0.2) is 30.3 Å². The van der Waals surface area contributed by atoms with E-state index in [4.69, 9.17) is 0 Å². The first kappa shape index (κ1) is 14.0. The highest BCUT2D eigenvalue weighted by Crippen LogP contribution is 2.23. The van der Waals surface area contributed by atoms with Gasteiger partial charge in [0.25, 0.3) is 0 Å². The van der Waals surface area contributed by atoms with Crippen molar-refractivity contribution in [1.29, 1.82) is 0 Å². The van der Waals surface area contributed by atoms with Gasteiger partial charge in [-0.05, 0) is 24.8 Å². The van der Waals surface area contributed by atoms with Gasteiger partial charge in [-0.15, -0.1) is 0 Å². The molecule has 18 heavy (non-hydrogen) atoms. The molecule has 1 saturated heterocycles. The number of aryl methyl sites for hydroxylation is 1. The lowest BCUT2D eigenvalue weighted by molar-refractivity contribution is 0.413. The van der Waals surface area contributed by atoms with Gasteiger partial charge in [-0.25, -0.2) is 8.42 Å². The summed E-state index contributed by atoms with van der Waals surface area (Å²) in [6, 6.07) is 9.92. The van der Waals surface area contributed by atoms with E-state index in [-0.39, 0.29) is 11.8 Å². The summed E-state index contributed by atoms with van der Waals surface area (Å²) in [5.41, 5.74) is 1.08. The Balaban J connectivity index is 1.99. The van der Waals surface area contributed by atoms with E-state index >= 15 is 0 Å². The van der Waals surface area contributed by atoms with Gasteiger partial charge < -0.3 is 0 Å². The molecule has 0 spiro atoms. The monoisotopic (exact) mass is 331 g/mol. The normalized spacial score (nSPS) is 21.3. The summed E-state index contributed by atoms with van der Waals surface area (Å²) < 4.78 is 26.2. The van der Waals surface area contributed by atoms with Gasteiger partial charge in [0.05, 0.1) is 5.75 Å². The minimum absolute atomic E-state index is 0.144. The lowest BCUT2D eigenvalue weighted by Gasteiger charge is -2.22. The molecule has 0 amide bonds. The topological polar surface area (TPSA) is 37.4 Å². The van der Waals surface area contributed by atoms with E-state index in [9.17, 15) is 8.42 Å². The van der Waals surface area contributed by atoms with E-state index in [2.05, 4.69) is 15.9 Å². The van der Waals surface area contributed by atoms with Gasteiger partial charge >= 0.3 is 0 Å². The Bertz CT molecular complexity index is 475. The molecule has 0 aromatic heterocycles. The molecule has 1 aliphatic heterocycles. The molecule has 0 N–H and O–H groups in total. The smallest absolute Gasteiger partial charge is 0.212 e. The van der Waals surface area contributed by atoms with E-state index < -0.39 is 10.0 Å². The molecule has 100 valence electrons. The lowest BCUT2D eigenvalue weighted by Crippen LogP contribution is -2.38. The fourth-order valence-electron chi connectivity index (χ4n) is 2.34. The van der Waals surface area contributed by atoms with Crippen molar-refractivity contribution in [1.82, 2.24) is 4.31 Å². The van der Waals surface area contributed by atoms with Crippen LogP contribution in [0, 0.1) is 0 Å². The molecule has 1 unspecified atom stereocenters. The Morgan fingerprint density at radius 1 is 1.28 bits per heavy atom. The van der Waals surface area contributed by atoms with Crippen LogP contribution in [-0.2, 0) is 16.4 Å². The van der Waals surface area contributed by atoms with Gasteiger partial charge in [0.2, 0.25) is 10.0 Å². The molecule has 1 fully saturated rings. The molecule has 3 nitrogen and oxygen atoms in total. The van der Waals surface area contributed by atoms with Crippen molar-refractivity contribution in [3.63, 3.8) is 0 Å². The number of sulfonamides is 1. The third-order valence-corrected chi connectivity index (χ3v) is 6.01. The molecule has 2 rings (SSSR count). The molecule has 1 aliphatic rings. The van der Waals surface area contributed by atoms with Crippen LogP contribution in [0.1, 0.15) is 18.4 Å². The van der Waals surface area contributed by atoms with Gasteiger partial charge in [-0.1, -0.05) is 46.3 Å². The summed E-state index contributed by atoms with van der Waals surface area (Å²) in [6.45, 7) is 0.674. The zero-order valence-corrected chi connectivity index (χ0v) is 12.7. The second-order valence-electron chi connectivity index (χ2n) is 4.61. The second-order valence-corrected chi connectivity index (χ2v) is 7.30. The zero-order valence-electron chi connectivity index (χ0n) is 10.3. The van der Waals surface area contributed by atoms with Crippen LogP contribution < -0.4 is 0 Å². The number of alkyl halides is 1. The van der Waals surface area contributed by atoms with Crippen LogP contribution in [0.2, 0.25) is 0 Å². The van der Waals surface area contributed by atoms with Gasteiger partial charge in [-0.2, -0.15) is 4.31 Å². The fraction of sp³-hybridized carbons (Fsp3) is 0.538. The predicted molar refractivity (Wildman–Crippen MR) is 77.5 cm³/mol. The highest BCUT2D eigenvalue weighted by molar-refractivity contribution is 9.09. The van der Waals surface area contributed by atoms with E-state index in [1.807, 2.05) is 30.3 Å². The molecular weight excluding hydrogens is 314 g/mol. The summed E-state index contributed by atoms with van der Waals surface area (Å²) in [7, 11) is -3.12. The molecule has 1 heterocycles. The molecule has 0 saturated carbocycles. The second kappa shape index (κ2) is 6.17. The highest BCUT2D eigenvalue weighted by Gasteiger charge is 2.32. The van der Waals surface area contributed by atoms with E-state index in [1.165, 1.54) is 0 Å². The van der Waals surface area contributed by atoms with Crippen molar-refractivity contribution >= 4 is 26.0 Å². The van der Waals surface area contributed by atoms with Crippen molar-refractivity contribution in [2.75, 3.05) is 17.6 Å². The number of hydrogen-bond acceptors (Lipinski definition) is 2. The summed E-state index contributed by atoms with van der Waals surface area (Å²) >= 11 is 3.40. The summed E-state index contributed by atoms with van der Waals surface area (Å²) in [4.78, 5) is 0. The van der Waals surface area contributed by atoms with Gasteiger partial charge in [0.15, 0.2) is 0 Å². The summed E-state index contributed by atoms with van der Waals surface area (Å²) in [5.74, 6) is 0.209. The van der Waals surface area contributed by atoms with Crippen LogP contribution in [-0.4, -0.2) is 36.4 Å². The highest BCUT2D eigenvalue weighted by atomic mass is 79.9. The number of hydrogen-bond donors (Lipinski definition) is 0. The molecule has 1 aromatic carbocycles. The predicted octanol–water partition coefficient (Wildman–Crippen LogP) is 2.42. The average molecular weight is 332 g/mol. The number of benzene rings is 1. The van der Waals surface area contributed by atoms with Crippen LogP contribution >= 0.6 is 15.9 Å². The maximum atomic E-state index is 12.3. The van der Waals surface area contributed by atoms with Crippen molar-refractivity contribution in [2.24, 2.45) is 0 Å². The minimum atomic E-state index is -3.12. The molecule has 0 bridgehead atoms. The Hall–Kier alpha value is -0.390. The van der Waals surface area contributed by atoms with E-state index in [1.54, 1.807) is 4.31 Å². The van der Waals surface area contributed by atoms with Crippen LogP contribution in [0.5, 0.6) is 0 Å². The first-order valence-electron chi connectivity index (χ1n) is 6.23. The number of halogens is 1. The molecular formula is C13H18BrNO2S. The Morgan fingerprint density at radius 3 is 2.67 bits per heavy atom. The molecule has 1 aromatic rings. The average Bonchev–Trinajstić information content (AvgIpc) is 2.87. The van der Waals surface area contributed by atoms with Crippen molar-refractivity contribution < 1.29 is 8.42 Å². The largest absolute Gasteiger partial charge is 0.214 e. The number of nitrogens with zero attached hydrogens (tertiary/aromatic N) is 1. The first-order valence-corrected chi connectivity index (χ1v) is 8.96. The van der Waals surface area contributed by atoms with Gasteiger partial charge in [0, 0.05) is 17.9 Å². The molecule has 1 atom stereocenters. The van der Waals surface area contributed by atoms with Crippen LogP contribution in [0.3, 0.4) is 0 Å². The van der Waals surface area contributed by atoms with E-state index in [0.29, 0.717) is 13.0 Å². The molecule has 0 aliphatic carbocycles. The Labute approximate surface area is 117 Å². The third-order valence-electron chi connectivity index (χ3n) is 3.35. The van der Waals surface area contributed by atoms with E-state index in [0.717, 1.165) is 23.7 Å². The fourth-order valence-corrected chi connectivity index (χ4v) is 4.97. The zero-order chi connectivity index (χ0) is 13.0. The first-order chi connectivity index (χ1) is 8.63. The van der Waals surface area contributed by atoms with Crippen molar-refractivity contribution in [3.05, 3.63) is 35.9 Å². The van der Waals surface area contributed by atoms with Crippen LogP contribution in [0.4, 0.5) is 0 Å². The Morgan fingerprint density at radius 2 is 2.00 bits per heavy atom. The SMILES string of the molecule is O=S(=O)(CCc1ccccc1)N1CCCC1CBr. The maximum absolute atomic E-state index is 12.3. The quantitative estimate of drug-likeness (QED) is 0.777. The summed E-state index contributed by atoms with van der Waals surface area (Å²) in [5, 5.41) is 0.734. The number of rotatable bonds is 5. The minimum Gasteiger partial charge on any atom is -0.212 e. The lowest BCUT2D eigenvalue weighted by atomic mass is 10.2. The molecule has 5 heteroatoms. The summed E-state index contributed by atoms with van der Waals surface area (Å²) in [6.07, 6.45) is 2.53. The standard InChI is InChI=1S/C13H18BrNO2S/c14-11-13-7-4-9-15(13)18(16,17)10-8-12-5-2-1-3-6-12/h1-3,5-6,13H,4,7-11H2. The van der Waals surface area contributed by atoms with Crippen molar-refractivity contribution in [3.8, 4) is 0 Å². The van der Waals surface area contributed by atoms with Crippen LogP contribution in [0.25, 0.3) is 0 Å².